The summed E-state index contributed by atoms with van der Waals surface area (Å²) in [7, 11) is 1.71. The molecule has 4 nitrogen and oxygen atoms in total. The van der Waals surface area contributed by atoms with Crippen LogP contribution in [-0.4, -0.2) is 15.3 Å². The molecule has 0 spiro atoms. The number of aryl methyl sites for hydroxylation is 1. The average molecular weight is 288 g/mol. The summed E-state index contributed by atoms with van der Waals surface area (Å²) in [6, 6.07) is 12.1. The number of carbonyl (C=O) groups is 1. The lowest BCUT2D eigenvalue weighted by Gasteiger charge is -1.97. The summed E-state index contributed by atoms with van der Waals surface area (Å²) in [6.07, 6.45) is 1.75. The molecule has 0 bridgehead atoms. The maximum absolute atomic E-state index is 12.6. The number of benzene rings is 1. The standard InChI is InChI=1S/C15H11ClN2O2/c1-17-12-4-2-3-9-18(12)13(15(17)20)14(19)10-5-7-11(16)8-6-10/h2-9H,1H3/p+1. The van der Waals surface area contributed by atoms with Gasteiger partial charge in [-0.1, -0.05) is 17.7 Å². The van der Waals surface area contributed by atoms with Crippen molar-refractivity contribution < 1.29 is 14.5 Å². The molecule has 3 aromatic rings. The van der Waals surface area contributed by atoms with E-state index in [2.05, 4.69) is 0 Å². The third-order valence-corrected chi connectivity index (χ3v) is 3.53. The van der Waals surface area contributed by atoms with Gasteiger partial charge < -0.3 is 5.11 Å². The van der Waals surface area contributed by atoms with Crippen molar-refractivity contribution >= 4 is 23.0 Å². The normalized spacial score (nSPS) is 10.9. The van der Waals surface area contributed by atoms with Gasteiger partial charge in [-0.3, -0.25) is 4.79 Å². The first kappa shape index (κ1) is 12.7. The van der Waals surface area contributed by atoms with Gasteiger partial charge in [0.2, 0.25) is 5.78 Å². The fourth-order valence-corrected chi connectivity index (χ4v) is 2.35. The Morgan fingerprint density at radius 2 is 1.90 bits per heavy atom. The Bertz CT molecular complexity index is 807. The molecule has 0 saturated carbocycles. The summed E-state index contributed by atoms with van der Waals surface area (Å²) in [5.41, 5.74) is 1.46. The number of rotatable bonds is 2. The van der Waals surface area contributed by atoms with E-state index in [9.17, 15) is 9.90 Å². The molecule has 0 aliphatic carbocycles. The van der Waals surface area contributed by atoms with Crippen LogP contribution >= 0.6 is 11.6 Å². The molecule has 0 saturated heterocycles. The number of nitrogens with zero attached hydrogens (tertiary/aromatic N) is 2. The van der Waals surface area contributed by atoms with E-state index in [0.29, 0.717) is 10.6 Å². The number of aromatic nitrogens is 2. The van der Waals surface area contributed by atoms with Crippen molar-refractivity contribution in [3.63, 3.8) is 0 Å². The molecule has 2 heterocycles. The predicted octanol–water partition coefficient (Wildman–Crippen LogP) is 2.35. The SMILES string of the molecule is C[n+]1c(O)c(C(=O)c2ccc(Cl)cc2)n2ccccc21. The van der Waals surface area contributed by atoms with Gasteiger partial charge in [0.15, 0.2) is 0 Å². The number of pyridine rings is 1. The molecule has 0 radical (unpaired) electrons. The largest absolute Gasteiger partial charge is 0.475 e. The van der Waals surface area contributed by atoms with Crippen LogP contribution < -0.4 is 4.57 Å². The van der Waals surface area contributed by atoms with Gasteiger partial charge >= 0.3 is 5.88 Å². The highest BCUT2D eigenvalue weighted by Crippen LogP contribution is 2.20. The van der Waals surface area contributed by atoms with Gasteiger partial charge in [0.25, 0.3) is 11.3 Å². The van der Waals surface area contributed by atoms with Gasteiger partial charge in [-0.2, -0.15) is 8.97 Å². The number of ketones is 1. The van der Waals surface area contributed by atoms with E-state index in [-0.39, 0.29) is 17.4 Å². The Balaban J connectivity index is 2.22. The molecular weight excluding hydrogens is 276 g/mol. The predicted molar refractivity (Wildman–Crippen MR) is 75.1 cm³/mol. The van der Waals surface area contributed by atoms with Crippen molar-refractivity contribution in [2.45, 2.75) is 0 Å². The first-order chi connectivity index (χ1) is 9.59. The van der Waals surface area contributed by atoms with Crippen LogP contribution in [0.2, 0.25) is 5.02 Å². The Hall–Kier alpha value is -2.33. The van der Waals surface area contributed by atoms with Gasteiger partial charge in [0.1, 0.15) is 0 Å². The molecule has 1 aromatic carbocycles. The fraction of sp³-hybridized carbons (Fsp3) is 0.0667. The molecule has 0 fully saturated rings. The third kappa shape index (κ3) is 1.85. The Morgan fingerprint density at radius 3 is 2.60 bits per heavy atom. The van der Waals surface area contributed by atoms with Crippen molar-refractivity contribution in [3.8, 4) is 5.88 Å². The van der Waals surface area contributed by atoms with Crippen LogP contribution in [0.15, 0.2) is 48.7 Å². The second-order valence-corrected chi connectivity index (χ2v) is 4.93. The molecule has 3 rings (SSSR count). The van der Waals surface area contributed by atoms with E-state index in [4.69, 9.17) is 11.6 Å². The molecule has 0 aliphatic heterocycles. The first-order valence-corrected chi connectivity index (χ1v) is 6.45. The molecule has 0 aliphatic rings. The summed E-state index contributed by atoms with van der Waals surface area (Å²) in [5.74, 6) is -0.308. The van der Waals surface area contributed by atoms with Crippen LogP contribution in [-0.2, 0) is 7.05 Å². The quantitative estimate of drug-likeness (QED) is 0.581. The van der Waals surface area contributed by atoms with Crippen molar-refractivity contribution in [3.05, 3.63) is 64.9 Å². The number of carbonyl (C=O) groups excluding carboxylic acids is 1. The fourth-order valence-electron chi connectivity index (χ4n) is 2.22. The van der Waals surface area contributed by atoms with Gasteiger partial charge in [0, 0.05) is 16.7 Å². The molecule has 2 aromatic heterocycles. The number of hydrogen-bond donors (Lipinski definition) is 1. The molecule has 0 atom stereocenters. The van der Waals surface area contributed by atoms with E-state index in [0.717, 1.165) is 5.65 Å². The van der Waals surface area contributed by atoms with Crippen molar-refractivity contribution in [1.29, 1.82) is 0 Å². The van der Waals surface area contributed by atoms with Crippen molar-refractivity contribution in [1.82, 2.24) is 4.40 Å². The number of halogens is 1. The van der Waals surface area contributed by atoms with E-state index < -0.39 is 0 Å². The van der Waals surface area contributed by atoms with E-state index in [1.165, 1.54) is 0 Å². The highest BCUT2D eigenvalue weighted by molar-refractivity contribution is 6.30. The average Bonchev–Trinajstić information content (AvgIpc) is 2.72. The highest BCUT2D eigenvalue weighted by Gasteiger charge is 2.29. The number of fused-ring (bicyclic) bond motifs is 1. The van der Waals surface area contributed by atoms with Crippen LogP contribution in [0.25, 0.3) is 5.65 Å². The zero-order valence-corrected chi connectivity index (χ0v) is 11.5. The van der Waals surface area contributed by atoms with E-state index >= 15 is 0 Å². The summed E-state index contributed by atoms with van der Waals surface area (Å²) in [4.78, 5) is 12.6. The third-order valence-electron chi connectivity index (χ3n) is 3.27. The van der Waals surface area contributed by atoms with Gasteiger partial charge in [-0.15, -0.1) is 0 Å². The topological polar surface area (TPSA) is 45.6 Å². The Morgan fingerprint density at radius 1 is 1.20 bits per heavy atom. The zero-order chi connectivity index (χ0) is 14.3. The summed E-state index contributed by atoms with van der Waals surface area (Å²) in [6.45, 7) is 0. The lowest BCUT2D eigenvalue weighted by molar-refractivity contribution is -0.651. The van der Waals surface area contributed by atoms with E-state index in [1.807, 2.05) is 18.2 Å². The smallest absolute Gasteiger partial charge is 0.335 e. The van der Waals surface area contributed by atoms with Crippen molar-refractivity contribution in [2.75, 3.05) is 0 Å². The minimum atomic E-state index is -0.249. The summed E-state index contributed by atoms with van der Waals surface area (Å²) >= 11 is 5.82. The lowest BCUT2D eigenvalue weighted by Crippen LogP contribution is -2.26. The molecule has 1 N–H and O–H groups in total. The van der Waals surface area contributed by atoms with E-state index in [1.54, 1.807) is 46.5 Å². The number of aromatic hydroxyl groups is 1. The summed E-state index contributed by atoms with van der Waals surface area (Å²) in [5, 5.41) is 10.8. The number of hydrogen-bond acceptors (Lipinski definition) is 2. The molecule has 0 amide bonds. The maximum Gasteiger partial charge on any atom is 0.335 e. The van der Waals surface area contributed by atoms with Crippen LogP contribution in [0.1, 0.15) is 16.1 Å². The molecule has 5 heteroatoms. The second kappa shape index (κ2) is 4.65. The molecule has 20 heavy (non-hydrogen) atoms. The van der Waals surface area contributed by atoms with Gasteiger partial charge in [0.05, 0.1) is 13.2 Å². The summed E-state index contributed by atoms with van der Waals surface area (Å²) < 4.78 is 3.25. The Kier molecular flexibility index (Phi) is 2.95. The van der Waals surface area contributed by atoms with Gasteiger partial charge in [-0.25, -0.2) is 0 Å². The van der Waals surface area contributed by atoms with Crippen LogP contribution in [0.5, 0.6) is 5.88 Å². The van der Waals surface area contributed by atoms with Crippen LogP contribution in [0.3, 0.4) is 0 Å². The Labute approximate surface area is 120 Å². The minimum absolute atomic E-state index is 0.0591. The van der Waals surface area contributed by atoms with Crippen LogP contribution in [0, 0.1) is 0 Å². The maximum atomic E-state index is 12.6. The zero-order valence-electron chi connectivity index (χ0n) is 10.7. The monoisotopic (exact) mass is 287 g/mol. The molecule has 0 unspecified atom stereocenters. The van der Waals surface area contributed by atoms with Crippen molar-refractivity contribution in [2.24, 2.45) is 7.05 Å². The minimum Gasteiger partial charge on any atom is -0.475 e. The number of imidazole rings is 1. The molecular formula is C15H12ClN2O2+. The highest BCUT2D eigenvalue weighted by atomic mass is 35.5. The van der Waals surface area contributed by atoms with Gasteiger partial charge in [-0.05, 0) is 30.3 Å². The molecule has 100 valence electrons. The lowest BCUT2D eigenvalue weighted by atomic mass is 10.1. The van der Waals surface area contributed by atoms with Crippen LogP contribution in [0.4, 0.5) is 0 Å². The second-order valence-electron chi connectivity index (χ2n) is 4.50. The first-order valence-electron chi connectivity index (χ1n) is 6.08.